The smallest absolute Gasteiger partial charge is 0.0638 e. The summed E-state index contributed by atoms with van der Waals surface area (Å²) in [6.07, 6.45) is 1.49. The second-order valence-corrected chi connectivity index (χ2v) is 4.17. The van der Waals surface area contributed by atoms with Crippen molar-refractivity contribution in [1.29, 1.82) is 5.26 Å². The van der Waals surface area contributed by atoms with Crippen LogP contribution in [0, 0.1) is 16.7 Å². The maximum Gasteiger partial charge on any atom is 0.0638 e. The maximum atomic E-state index is 9.00. The van der Waals surface area contributed by atoms with Crippen molar-refractivity contribution >= 4 is 0 Å². The highest BCUT2D eigenvalue weighted by molar-refractivity contribution is 4.81. The molecule has 0 rings (SSSR count). The zero-order valence-electron chi connectivity index (χ0n) is 8.80. The zero-order valence-corrected chi connectivity index (χ0v) is 8.80. The lowest BCUT2D eigenvalue weighted by molar-refractivity contribution is 0.153. The number of aliphatic hydroxyl groups excluding tert-OH is 1. The third kappa shape index (κ3) is 5.62. The van der Waals surface area contributed by atoms with Crippen molar-refractivity contribution in [2.75, 3.05) is 13.2 Å². The first-order valence-electron chi connectivity index (χ1n) is 4.77. The SMILES string of the molecule is CCC(CC#N)NCC(C)(C)CO. The van der Waals surface area contributed by atoms with Crippen LogP contribution in [0.25, 0.3) is 0 Å². The van der Waals surface area contributed by atoms with Crippen LogP contribution >= 0.6 is 0 Å². The Labute approximate surface area is 80.8 Å². The Balaban J connectivity index is 3.78. The molecule has 0 aromatic carbocycles. The van der Waals surface area contributed by atoms with Crippen molar-refractivity contribution < 1.29 is 5.11 Å². The summed E-state index contributed by atoms with van der Waals surface area (Å²) in [6, 6.07) is 2.41. The van der Waals surface area contributed by atoms with E-state index in [1.165, 1.54) is 0 Å². The Hall–Kier alpha value is -0.590. The van der Waals surface area contributed by atoms with Gasteiger partial charge in [0.15, 0.2) is 0 Å². The van der Waals surface area contributed by atoms with Crippen LogP contribution in [0.5, 0.6) is 0 Å². The molecule has 0 fully saturated rings. The molecule has 0 bridgehead atoms. The molecule has 0 aliphatic heterocycles. The van der Waals surface area contributed by atoms with Crippen molar-refractivity contribution in [2.45, 2.75) is 39.7 Å². The third-order valence-electron chi connectivity index (χ3n) is 2.13. The van der Waals surface area contributed by atoms with Crippen molar-refractivity contribution in [3.05, 3.63) is 0 Å². The van der Waals surface area contributed by atoms with Gasteiger partial charge in [-0.1, -0.05) is 20.8 Å². The molecule has 1 unspecified atom stereocenters. The first-order valence-corrected chi connectivity index (χ1v) is 4.77. The fraction of sp³-hybridized carbons (Fsp3) is 0.900. The summed E-state index contributed by atoms with van der Waals surface area (Å²) in [7, 11) is 0. The van der Waals surface area contributed by atoms with Gasteiger partial charge in [-0.15, -0.1) is 0 Å². The van der Waals surface area contributed by atoms with Crippen LogP contribution in [0.4, 0.5) is 0 Å². The summed E-state index contributed by atoms with van der Waals surface area (Å²) < 4.78 is 0. The summed E-state index contributed by atoms with van der Waals surface area (Å²) in [4.78, 5) is 0. The molecule has 0 aromatic heterocycles. The van der Waals surface area contributed by atoms with Crippen molar-refractivity contribution in [3.63, 3.8) is 0 Å². The number of aliphatic hydroxyl groups is 1. The van der Waals surface area contributed by atoms with E-state index >= 15 is 0 Å². The van der Waals surface area contributed by atoms with Gasteiger partial charge in [0.2, 0.25) is 0 Å². The number of nitrogens with zero attached hydrogens (tertiary/aromatic N) is 1. The zero-order chi connectivity index (χ0) is 10.3. The summed E-state index contributed by atoms with van der Waals surface area (Å²) in [5, 5.41) is 20.8. The second kappa shape index (κ2) is 5.95. The van der Waals surface area contributed by atoms with Crippen LogP contribution in [-0.4, -0.2) is 24.3 Å². The van der Waals surface area contributed by atoms with Crippen LogP contribution in [-0.2, 0) is 0 Å². The molecule has 0 spiro atoms. The highest BCUT2D eigenvalue weighted by atomic mass is 16.3. The van der Waals surface area contributed by atoms with E-state index in [2.05, 4.69) is 18.3 Å². The highest BCUT2D eigenvalue weighted by Gasteiger charge is 2.17. The van der Waals surface area contributed by atoms with Crippen LogP contribution in [0.15, 0.2) is 0 Å². The van der Waals surface area contributed by atoms with Gasteiger partial charge in [0.1, 0.15) is 0 Å². The fourth-order valence-corrected chi connectivity index (χ4v) is 0.948. The predicted molar refractivity (Wildman–Crippen MR) is 53.2 cm³/mol. The van der Waals surface area contributed by atoms with Gasteiger partial charge in [-0.3, -0.25) is 0 Å². The van der Waals surface area contributed by atoms with Gasteiger partial charge in [0.25, 0.3) is 0 Å². The minimum Gasteiger partial charge on any atom is -0.396 e. The summed E-state index contributed by atoms with van der Waals surface area (Å²) in [6.45, 7) is 6.98. The minimum atomic E-state index is -0.0944. The Kier molecular flexibility index (Phi) is 5.68. The molecular formula is C10H20N2O. The molecule has 3 heteroatoms. The molecule has 2 N–H and O–H groups in total. The highest BCUT2D eigenvalue weighted by Crippen LogP contribution is 2.12. The molecule has 0 amide bonds. The first kappa shape index (κ1) is 12.4. The summed E-state index contributed by atoms with van der Waals surface area (Å²) >= 11 is 0. The van der Waals surface area contributed by atoms with Gasteiger partial charge < -0.3 is 10.4 Å². The monoisotopic (exact) mass is 184 g/mol. The van der Waals surface area contributed by atoms with E-state index in [9.17, 15) is 0 Å². The van der Waals surface area contributed by atoms with Gasteiger partial charge in [0.05, 0.1) is 12.5 Å². The lowest BCUT2D eigenvalue weighted by atomic mass is 9.94. The Morgan fingerprint density at radius 3 is 2.54 bits per heavy atom. The van der Waals surface area contributed by atoms with E-state index in [4.69, 9.17) is 10.4 Å². The number of rotatable bonds is 6. The predicted octanol–water partition coefficient (Wildman–Crippen LogP) is 1.29. The van der Waals surface area contributed by atoms with Gasteiger partial charge in [-0.25, -0.2) is 0 Å². The summed E-state index contributed by atoms with van der Waals surface area (Å²) in [5.41, 5.74) is -0.0944. The molecule has 3 nitrogen and oxygen atoms in total. The second-order valence-electron chi connectivity index (χ2n) is 4.17. The molecule has 0 heterocycles. The van der Waals surface area contributed by atoms with Gasteiger partial charge >= 0.3 is 0 Å². The minimum absolute atomic E-state index is 0.0944. The van der Waals surface area contributed by atoms with E-state index in [-0.39, 0.29) is 18.1 Å². The van der Waals surface area contributed by atoms with E-state index < -0.39 is 0 Å². The van der Waals surface area contributed by atoms with E-state index in [1.54, 1.807) is 0 Å². The van der Waals surface area contributed by atoms with Crippen LogP contribution in [0.1, 0.15) is 33.6 Å². The lowest BCUT2D eigenvalue weighted by Gasteiger charge is -2.25. The Morgan fingerprint density at radius 1 is 1.54 bits per heavy atom. The first-order chi connectivity index (χ1) is 6.05. The van der Waals surface area contributed by atoms with E-state index in [1.807, 2.05) is 13.8 Å². The van der Waals surface area contributed by atoms with Gasteiger partial charge in [0, 0.05) is 24.6 Å². The van der Waals surface area contributed by atoms with Crippen molar-refractivity contribution in [3.8, 4) is 6.07 Å². The lowest BCUT2D eigenvalue weighted by Crippen LogP contribution is -2.38. The fourth-order valence-electron chi connectivity index (χ4n) is 0.948. The van der Waals surface area contributed by atoms with E-state index in [0.29, 0.717) is 6.42 Å². The topological polar surface area (TPSA) is 56.0 Å². The summed E-state index contributed by atoms with van der Waals surface area (Å²) in [5.74, 6) is 0. The molecule has 0 aliphatic carbocycles. The number of nitriles is 1. The van der Waals surface area contributed by atoms with Crippen LogP contribution in [0.3, 0.4) is 0 Å². The average molecular weight is 184 g/mol. The number of hydrogen-bond acceptors (Lipinski definition) is 3. The molecular weight excluding hydrogens is 164 g/mol. The van der Waals surface area contributed by atoms with Crippen molar-refractivity contribution in [1.82, 2.24) is 5.32 Å². The standard InChI is InChI=1S/C10H20N2O/c1-4-9(5-6-11)12-7-10(2,3)8-13/h9,12-13H,4-5,7-8H2,1-3H3. The van der Waals surface area contributed by atoms with E-state index in [0.717, 1.165) is 13.0 Å². The van der Waals surface area contributed by atoms with Crippen LogP contribution in [0.2, 0.25) is 0 Å². The largest absolute Gasteiger partial charge is 0.396 e. The molecule has 0 saturated heterocycles. The molecule has 0 radical (unpaired) electrons. The number of hydrogen-bond donors (Lipinski definition) is 2. The quantitative estimate of drug-likeness (QED) is 0.654. The van der Waals surface area contributed by atoms with Gasteiger partial charge in [-0.2, -0.15) is 5.26 Å². The van der Waals surface area contributed by atoms with Crippen molar-refractivity contribution in [2.24, 2.45) is 5.41 Å². The third-order valence-corrected chi connectivity index (χ3v) is 2.13. The maximum absolute atomic E-state index is 9.00. The molecule has 0 aromatic rings. The Morgan fingerprint density at radius 2 is 2.15 bits per heavy atom. The van der Waals surface area contributed by atoms with Gasteiger partial charge in [-0.05, 0) is 6.42 Å². The molecule has 0 saturated carbocycles. The molecule has 1 atom stereocenters. The van der Waals surface area contributed by atoms with Crippen LogP contribution < -0.4 is 5.32 Å². The molecule has 13 heavy (non-hydrogen) atoms. The molecule has 76 valence electrons. The normalized spacial score (nSPS) is 13.8. The average Bonchev–Trinajstić information content (AvgIpc) is 2.12. The molecule has 0 aliphatic rings. The Bertz CT molecular complexity index is 172. The number of nitrogens with one attached hydrogen (secondary N) is 1.